The van der Waals surface area contributed by atoms with Gasteiger partial charge in [0.15, 0.2) is 0 Å². The van der Waals surface area contributed by atoms with E-state index in [9.17, 15) is 9.59 Å². The van der Waals surface area contributed by atoms with E-state index in [1.807, 2.05) is 19.9 Å². The molecule has 1 saturated carbocycles. The van der Waals surface area contributed by atoms with Crippen LogP contribution in [0.5, 0.6) is 0 Å². The van der Waals surface area contributed by atoms with Crippen LogP contribution in [0.15, 0.2) is 47.3 Å². The first-order valence-corrected chi connectivity index (χ1v) is 10.6. The molecule has 4 nitrogen and oxygen atoms in total. The van der Waals surface area contributed by atoms with Crippen LogP contribution in [-0.4, -0.2) is 24.5 Å². The highest BCUT2D eigenvalue weighted by Crippen LogP contribution is 2.60. The first kappa shape index (κ1) is 21.8. The highest BCUT2D eigenvalue weighted by molar-refractivity contribution is 5.83. The van der Waals surface area contributed by atoms with Gasteiger partial charge in [-0.3, -0.25) is 4.79 Å². The highest BCUT2D eigenvalue weighted by atomic mass is 16.5. The zero-order valence-corrected chi connectivity index (χ0v) is 18.4. The molecule has 0 saturated heterocycles. The Labute approximate surface area is 174 Å². The van der Waals surface area contributed by atoms with E-state index in [2.05, 4.69) is 20.4 Å². The quantitative estimate of drug-likeness (QED) is 0.263. The van der Waals surface area contributed by atoms with Gasteiger partial charge in [0.2, 0.25) is 0 Å². The van der Waals surface area contributed by atoms with E-state index < -0.39 is 0 Å². The second-order valence-corrected chi connectivity index (χ2v) is 9.61. The lowest BCUT2D eigenvalue weighted by molar-refractivity contribution is -0.132. The molecule has 1 aliphatic heterocycles. The van der Waals surface area contributed by atoms with E-state index in [1.54, 1.807) is 6.92 Å². The van der Waals surface area contributed by atoms with Gasteiger partial charge < -0.3 is 9.47 Å². The number of ketones is 1. The predicted octanol–water partition coefficient (Wildman–Crippen LogP) is 5.31. The molecule has 0 amide bonds. The van der Waals surface area contributed by atoms with Crippen molar-refractivity contribution in [3.05, 3.63) is 47.3 Å². The molecule has 1 fully saturated rings. The number of esters is 1. The minimum atomic E-state index is -0.358. The maximum Gasteiger partial charge on any atom is 0.335 e. The molecule has 0 aromatic heterocycles. The Hall–Kier alpha value is -1.94. The number of carbonyl (C=O) groups excluding carboxylic acids is 2. The van der Waals surface area contributed by atoms with Crippen molar-refractivity contribution in [3.8, 4) is 0 Å². The molecule has 0 radical (unpaired) electrons. The highest BCUT2D eigenvalue weighted by Gasteiger charge is 2.52. The summed E-state index contributed by atoms with van der Waals surface area (Å²) in [6.07, 6.45) is 8.56. The summed E-state index contributed by atoms with van der Waals surface area (Å²) in [4.78, 5) is 23.8. The van der Waals surface area contributed by atoms with Crippen molar-refractivity contribution in [2.24, 2.45) is 23.2 Å². The van der Waals surface area contributed by atoms with Crippen molar-refractivity contribution < 1.29 is 19.1 Å². The molecule has 5 atom stereocenters. The van der Waals surface area contributed by atoms with Crippen LogP contribution in [0, 0.1) is 23.2 Å². The van der Waals surface area contributed by atoms with Crippen molar-refractivity contribution in [1.82, 2.24) is 0 Å². The van der Waals surface area contributed by atoms with Crippen molar-refractivity contribution in [1.29, 1.82) is 0 Å². The number of hydrogen-bond donors (Lipinski definition) is 0. The fraction of sp³-hybridized carbons (Fsp3) is 0.600. The van der Waals surface area contributed by atoms with Crippen molar-refractivity contribution in [2.75, 3.05) is 6.61 Å². The Kier molecular flexibility index (Phi) is 6.33. The third-order valence-corrected chi connectivity index (χ3v) is 6.86. The van der Waals surface area contributed by atoms with Crippen LogP contribution in [0.3, 0.4) is 0 Å². The van der Waals surface area contributed by atoms with Crippen LogP contribution in [-0.2, 0) is 19.1 Å². The van der Waals surface area contributed by atoms with Gasteiger partial charge in [0, 0.05) is 18.4 Å². The zero-order chi connectivity index (χ0) is 21.3. The summed E-state index contributed by atoms with van der Waals surface area (Å²) in [6, 6.07) is 0. The van der Waals surface area contributed by atoms with Gasteiger partial charge in [0.05, 0.1) is 19.0 Å². The zero-order valence-electron chi connectivity index (χ0n) is 18.4. The van der Waals surface area contributed by atoms with E-state index in [0.717, 1.165) is 24.8 Å². The van der Waals surface area contributed by atoms with Crippen LogP contribution in [0.1, 0.15) is 60.3 Å². The largest absolute Gasteiger partial charge is 0.432 e. The molecule has 0 N–H and O–H groups in total. The van der Waals surface area contributed by atoms with E-state index in [-0.39, 0.29) is 29.2 Å². The Morgan fingerprint density at radius 2 is 2.00 bits per heavy atom. The maximum atomic E-state index is 11.9. The van der Waals surface area contributed by atoms with Crippen molar-refractivity contribution in [3.63, 3.8) is 0 Å². The van der Waals surface area contributed by atoms with Gasteiger partial charge in [-0.15, -0.1) is 0 Å². The second-order valence-electron chi connectivity index (χ2n) is 9.61. The van der Waals surface area contributed by atoms with Gasteiger partial charge in [-0.1, -0.05) is 24.6 Å². The number of fused-ring (bicyclic) bond motifs is 3. The second kappa shape index (κ2) is 8.43. The van der Waals surface area contributed by atoms with E-state index in [0.29, 0.717) is 24.9 Å². The van der Waals surface area contributed by atoms with E-state index >= 15 is 0 Å². The molecule has 2 bridgehead atoms. The molecule has 3 rings (SSSR count). The fourth-order valence-electron chi connectivity index (χ4n) is 5.56. The Balaban J connectivity index is 1.96. The van der Waals surface area contributed by atoms with E-state index in [1.165, 1.54) is 29.1 Å². The number of Topliss-reactive ketones (excluding diaryl/α,β-unsaturated/α-hetero) is 1. The third-order valence-electron chi connectivity index (χ3n) is 6.86. The summed E-state index contributed by atoms with van der Waals surface area (Å²) in [5, 5.41) is 0. The average Bonchev–Trinajstić information content (AvgIpc) is 2.99. The molecule has 4 heteroatoms. The minimum Gasteiger partial charge on any atom is -0.432 e. The first-order valence-electron chi connectivity index (χ1n) is 10.6. The molecular weight excluding hydrogens is 364 g/mol. The summed E-state index contributed by atoms with van der Waals surface area (Å²) in [5.74, 6) is 0.817. The third kappa shape index (κ3) is 4.48. The molecule has 3 aliphatic rings. The maximum absolute atomic E-state index is 11.9. The predicted molar refractivity (Wildman–Crippen MR) is 114 cm³/mol. The summed E-state index contributed by atoms with van der Waals surface area (Å²) in [7, 11) is 0. The lowest BCUT2D eigenvalue weighted by atomic mass is 9.52. The van der Waals surface area contributed by atoms with E-state index in [4.69, 9.17) is 9.47 Å². The topological polar surface area (TPSA) is 52.6 Å². The smallest absolute Gasteiger partial charge is 0.335 e. The average molecular weight is 399 g/mol. The fourth-order valence-corrected chi connectivity index (χ4v) is 5.56. The SMILES string of the molecule is C=C(C)[C@@H]1CC[C@]2(C)C[C@H]1C1=C([C@H]2/C=C/OC(=O)C=C(C)C)[C@@H](CC(C)=O)OC1. The Morgan fingerprint density at radius 3 is 2.62 bits per heavy atom. The number of rotatable bonds is 6. The van der Waals surface area contributed by atoms with Gasteiger partial charge in [-0.25, -0.2) is 4.79 Å². The van der Waals surface area contributed by atoms with Crippen LogP contribution in [0.2, 0.25) is 0 Å². The number of allylic oxidation sites excluding steroid dienone is 3. The van der Waals surface area contributed by atoms with Gasteiger partial charge in [-0.05, 0) is 81.4 Å². The molecule has 0 spiro atoms. The van der Waals surface area contributed by atoms with Gasteiger partial charge in [-0.2, -0.15) is 0 Å². The number of ether oxygens (including phenoxy) is 2. The van der Waals surface area contributed by atoms with Crippen molar-refractivity contribution in [2.45, 2.75) is 66.4 Å². The normalized spacial score (nSPS) is 33.4. The molecule has 2 aliphatic carbocycles. The standard InChI is InChI=1S/C25H34O4/c1-15(2)11-23(27)28-10-8-21-24-20(14-29-22(24)12-17(5)26)19-13-25(21,6)9-7-18(19)16(3)4/h8,10-11,18-19,21-22H,3,7,9,12-14H2,1-2,4-6H3/b10-8+/t18-,19+,21+,22+,25+/m0/s1. The summed E-state index contributed by atoms with van der Waals surface area (Å²) in [6.45, 7) is 14.7. The van der Waals surface area contributed by atoms with Gasteiger partial charge in [0.25, 0.3) is 0 Å². The lowest BCUT2D eigenvalue weighted by Gasteiger charge is -2.52. The summed E-state index contributed by atoms with van der Waals surface area (Å²) >= 11 is 0. The molecule has 0 aromatic rings. The van der Waals surface area contributed by atoms with Gasteiger partial charge in [0.1, 0.15) is 5.78 Å². The summed E-state index contributed by atoms with van der Waals surface area (Å²) < 4.78 is 11.4. The van der Waals surface area contributed by atoms with Crippen LogP contribution in [0.4, 0.5) is 0 Å². The monoisotopic (exact) mass is 398 g/mol. The lowest BCUT2D eigenvalue weighted by Crippen LogP contribution is -2.44. The van der Waals surface area contributed by atoms with Crippen LogP contribution >= 0.6 is 0 Å². The summed E-state index contributed by atoms with van der Waals surface area (Å²) in [5.41, 5.74) is 4.82. The molecule has 0 unspecified atom stereocenters. The Morgan fingerprint density at radius 1 is 1.28 bits per heavy atom. The molecule has 1 heterocycles. The first-order chi connectivity index (χ1) is 13.6. The minimum absolute atomic E-state index is 0.0671. The molecule has 29 heavy (non-hydrogen) atoms. The van der Waals surface area contributed by atoms with Crippen molar-refractivity contribution >= 4 is 11.8 Å². The van der Waals surface area contributed by atoms with Gasteiger partial charge >= 0.3 is 5.97 Å². The van der Waals surface area contributed by atoms with Crippen LogP contribution in [0.25, 0.3) is 0 Å². The molecular formula is C25H34O4. The molecule has 158 valence electrons. The molecule has 0 aromatic carbocycles. The Bertz CT molecular complexity index is 796. The number of carbonyl (C=O) groups is 2. The van der Waals surface area contributed by atoms with Crippen LogP contribution < -0.4 is 0 Å². The number of hydrogen-bond acceptors (Lipinski definition) is 4.